The summed E-state index contributed by atoms with van der Waals surface area (Å²) in [6.07, 6.45) is -2.41. The number of carbonyl (C=O) groups excluding carboxylic acids is 3. The standard InChI is InChI=1S/C19H24BrN3O10/c1-8(24)30-7-12-14(31-9(2)25)15(32-10(3)26)13(16(20)33-12)21-6-11-17(27)22(4)19(29)23(5)18(11)28/h6,12-16,27H,7H2,1-5H3/t12?,13?,14-,15-,16+/m1/s1. The van der Waals surface area contributed by atoms with Crippen molar-refractivity contribution >= 4 is 40.1 Å². The molecule has 2 rings (SSSR count). The molecule has 2 unspecified atom stereocenters. The third-order valence-corrected chi connectivity index (χ3v) is 5.46. The lowest BCUT2D eigenvalue weighted by molar-refractivity contribution is -0.207. The second-order valence-electron chi connectivity index (χ2n) is 7.19. The number of hydrogen-bond acceptors (Lipinski definition) is 11. The lowest BCUT2D eigenvalue weighted by Crippen LogP contribution is -2.59. The zero-order chi connectivity index (χ0) is 25.0. The van der Waals surface area contributed by atoms with E-state index in [4.69, 9.17) is 18.9 Å². The highest BCUT2D eigenvalue weighted by atomic mass is 79.9. The number of ether oxygens (including phenoxy) is 4. The molecule has 5 atom stereocenters. The summed E-state index contributed by atoms with van der Waals surface area (Å²) in [5.41, 5.74) is -1.85. The summed E-state index contributed by atoms with van der Waals surface area (Å²) in [5, 5.41) is 9.30. The van der Waals surface area contributed by atoms with Crippen LogP contribution in [0.15, 0.2) is 14.6 Å². The Morgan fingerprint density at radius 3 is 2.18 bits per heavy atom. The molecular formula is C19H24BrN3O10. The van der Waals surface area contributed by atoms with Crippen LogP contribution in [0.3, 0.4) is 0 Å². The van der Waals surface area contributed by atoms with Gasteiger partial charge >= 0.3 is 23.6 Å². The molecule has 2 heterocycles. The molecule has 1 fully saturated rings. The van der Waals surface area contributed by atoms with Crippen molar-refractivity contribution in [1.82, 2.24) is 9.13 Å². The largest absolute Gasteiger partial charge is 0.494 e. The topological polar surface area (TPSA) is 165 Å². The van der Waals surface area contributed by atoms with E-state index in [1.54, 1.807) is 0 Å². The van der Waals surface area contributed by atoms with Crippen LogP contribution in [0.4, 0.5) is 0 Å². The summed E-state index contributed by atoms with van der Waals surface area (Å²) in [6.45, 7) is 3.16. The van der Waals surface area contributed by atoms with E-state index in [-0.39, 0.29) is 12.2 Å². The van der Waals surface area contributed by atoms with Crippen LogP contribution in [0.1, 0.15) is 26.3 Å². The fourth-order valence-corrected chi connectivity index (χ4v) is 3.88. The summed E-state index contributed by atoms with van der Waals surface area (Å²) < 4.78 is 23.0. The number of esters is 3. The first kappa shape index (κ1) is 26.3. The molecule has 13 nitrogen and oxygen atoms in total. The zero-order valence-electron chi connectivity index (χ0n) is 18.5. The highest BCUT2D eigenvalue weighted by Gasteiger charge is 2.49. The molecule has 1 saturated heterocycles. The van der Waals surface area contributed by atoms with E-state index in [2.05, 4.69) is 20.9 Å². The maximum absolute atomic E-state index is 12.4. The minimum absolute atomic E-state index is 0.299. The van der Waals surface area contributed by atoms with Gasteiger partial charge in [0.25, 0.3) is 5.56 Å². The average molecular weight is 534 g/mol. The molecule has 1 aromatic rings. The van der Waals surface area contributed by atoms with Crippen LogP contribution in [0.5, 0.6) is 5.88 Å². The molecule has 0 aliphatic carbocycles. The summed E-state index contributed by atoms with van der Waals surface area (Å²) in [5.74, 6) is -2.65. The van der Waals surface area contributed by atoms with Gasteiger partial charge < -0.3 is 24.1 Å². The SMILES string of the molecule is CC(=O)OCC1O[C@H](Br)C(N=Cc2c(O)n(C)c(=O)n(C)c2=O)[C@@H](OC(C)=O)[C@@H]1OC(C)=O. The van der Waals surface area contributed by atoms with Crippen molar-refractivity contribution in [3.05, 3.63) is 26.4 Å². The van der Waals surface area contributed by atoms with Gasteiger partial charge in [-0.05, 0) is 0 Å². The highest BCUT2D eigenvalue weighted by Crippen LogP contribution is 2.31. The number of aliphatic imine (C=N–C) groups is 1. The number of halogens is 1. The van der Waals surface area contributed by atoms with Crippen molar-refractivity contribution in [2.24, 2.45) is 19.1 Å². The summed E-state index contributed by atoms with van der Waals surface area (Å²) in [4.78, 5) is 63.3. The Morgan fingerprint density at radius 2 is 1.64 bits per heavy atom. The fourth-order valence-electron chi connectivity index (χ4n) is 3.16. The Hall–Kier alpha value is -3.00. The Morgan fingerprint density at radius 1 is 1.06 bits per heavy atom. The Kier molecular flexibility index (Phi) is 8.55. The predicted octanol–water partition coefficient (Wildman–Crippen LogP) is -0.877. The molecular weight excluding hydrogens is 510 g/mol. The molecule has 33 heavy (non-hydrogen) atoms. The first-order chi connectivity index (χ1) is 15.3. The third kappa shape index (κ3) is 6.07. The predicted molar refractivity (Wildman–Crippen MR) is 115 cm³/mol. The number of nitrogens with zero attached hydrogens (tertiary/aromatic N) is 3. The lowest BCUT2D eigenvalue weighted by atomic mass is 9.98. The molecule has 0 spiro atoms. The van der Waals surface area contributed by atoms with Crippen molar-refractivity contribution < 1.29 is 38.4 Å². The number of aromatic nitrogens is 2. The van der Waals surface area contributed by atoms with Crippen LogP contribution < -0.4 is 11.2 Å². The van der Waals surface area contributed by atoms with Gasteiger partial charge in [-0.15, -0.1) is 0 Å². The van der Waals surface area contributed by atoms with Gasteiger partial charge in [0.2, 0.25) is 5.88 Å². The molecule has 14 heteroatoms. The minimum atomic E-state index is -1.21. The van der Waals surface area contributed by atoms with Crippen LogP contribution in [0.2, 0.25) is 0 Å². The van der Waals surface area contributed by atoms with E-state index in [0.717, 1.165) is 29.2 Å². The third-order valence-electron chi connectivity index (χ3n) is 4.70. The van der Waals surface area contributed by atoms with Gasteiger partial charge in [0.15, 0.2) is 12.2 Å². The molecule has 182 valence electrons. The quantitative estimate of drug-likeness (QED) is 0.210. The number of alkyl halides is 1. The van der Waals surface area contributed by atoms with Crippen LogP contribution in [-0.2, 0) is 47.4 Å². The van der Waals surface area contributed by atoms with Gasteiger partial charge in [-0.2, -0.15) is 0 Å². The molecule has 1 aliphatic heterocycles. The van der Waals surface area contributed by atoms with E-state index in [0.29, 0.717) is 0 Å². The fraction of sp³-hybridized carbons (Fsp3) is 0.579. The van der Waals surface area contributed by atoms with Crippen LogP contribution in [-0.4, -0.2) is 74.3 Å². The van der Waals surface area contributed by atoms with Crippen molar-refractivity contribution in [3.63, 3.8) is 0 Å². The molecule has 1 aromatic heterocycles. The molecule has 0 saturated carbocycles. The minimum Gasteiger partial charge on any atom is -0.494 e. The average Bonchev–Trinajstić information content (AvgIpc) is 2.72. The molecule has 0 bridgehead atoms. The van der Waals surface area contributed by atoms with E-state index in [9.17, 15) is 29.1 Å². The van der Waals surface area contributed by atoms with Crippen molar-refractivity contribution in [1.29, 1.82) is 0 Å². The van der Waals surface area contributed by atoms with Crippen LogP contribution >= 0.6 is 15.9 Å². The number of hydrogen-bond donors (Lipinski definition) is 1. The maximum Gasteiger partial charge on any atom is 0.333 e. The van der Waals surface area contributed by atoms with Crippen LogP contribution in [0, 0.1) is 0 Å². The van der Waals surface area contributed by atoms with E-state index >= 15 is 0 Å². The Labute approximate surface area is 196 Å². The summed E-state index contributed by atoms with van der Waals surface area (Å²) in [6, 6.07) is -1.06. The number of aromatic hydroxyl groups is 1. The lowest BCUT2D eigenvalue weighted by Gasteiger charge is -2.42. The van der Waals surface area contributed by atoms with Gasteiger partial charge in [0.05, 0.1) is 0 Å². The zero-order valence-corrected chi connectivity index (χ0v) is 20.1. The highest BCUT2D eigenvalue weighted by molar-refractivity contribution is 9.09. The smallest absolute Gasteiger partial charge is 0.333 e. The molecule has 1 N–H and O–H groups in total. The van der Waals surface area contributed by atoms with Gasteiger partial charge in [-0.3, -0.25) is 33.3 Å². The summed E-state index contributed by atoms with van der Waals surface area (Å²) >= 11 is 3.27. The van der Waals surface area contributed by atoms with Gasteiger partial charge in [0, 0.05) is 41.1 Å². The van der Waals surface area contributed by atoms with Gasteiger partial charge in [-0.1, -0.05) is 15.9 Å². The van der Waals surface area contributed by atoms with Crippen molar-refractivity contribution in [3.8, 4) is 5.88 Å². The molecule has 1 aliphatic rings. The Balaban J connectivity index is 2.51. The van der Waals surface area contributed by atoms with E-state index < -0.39 is 64.4 Å². The van der Waals surface area contributed by atoms with Crippen molar-refractivity contribution in [2.75, 3.05) is 6.61 Å². The monoisotopic (exact) mass is 533 g/mol. The first-order valence-electron chi connectivity index (χ1n) is 9.64. The maximum atomic E-state index is 12.4. The van der Waals surface area contributed by atoms with Crippen LogP contribution in [0.25, 0.3) is 0 Å². The normalized spacial score (nSPS) is 25.0. The van der Waals surface area contributed by atoms with Crippen molar-refractivity contribution in [2.45, 2.75) is 50.1 Å². The van der Waals surface area contributed by atoms with Gasteiger partial charge in [0.1, 0.15) is 29.3 Å². The van der Waals surface area contributed by atoms with E-state index in [1.165, 1.54) is 21.0 Å². The number of carbonyl (C=O) groups is 3. The molecule has 0 radical (unpaired) electrons. The Bertz CT molecular complexity index is 1080. The second-order valence-corrected chi connectivity index (χ2v) is 8.09. The second kappa shape index (κ2) is 10.7. The molecule has 0 aromatic carbocycles. The van der Waals surface area contributed by atoms with Gasteiger partial charge in [-0.25, -0.2) is 4.79 Å². The summed E-state index contributed by atoms with van der Waals surface area (Å²) in [7, 11) is 2.50. The number of rotatable bonds is 6. The van der Waals surface area contributed by atoms with E-state index in [1.807, 2.05) is 0 Å². The first-order valence-corrected chi connectivity index (χ1v) is 10.6. The molecule has 0 amide bonds.